The molecule has 51 heavy (non-hydrogen) atoms. The molecule has 0 fully saturated rings. The summed E-state index contributed by atoms with van der Waals surface area (Å²) in [6, 6.07) is 6.77. The Labute approximate surface area is 306 Å². The van der Waals surface area contributed by atoms with Crippen LogP contribution in [0.4, 0.5) is 0 Å². The quantitative estimate of drug-likeness (QED) is 0.0365. The summed E-state index contributed by atoms with van der Waals surface area (Å²) < 4.78 is 36.5. The highest BCUT2D eigenvalue weighted by Crippen LogP contribution is 2.18. The van der Waals surface area contributed by atoms with E-state index in [1.807, 2.05) is 0 Å². The highest BCUT2D eigenvalue weighted by Gasteiger charge is 2.21. The molecule has 1 aromatic carbocycles. The Hall–Kier alpha value is -3.54. The fourth-order valence-electron chi connectivity index (χ4n) is 4.35. The second-order valence-corrected chi connectivity index (χ2v) is 12.2. The number of unbranched alkanes of at least 4 members (excludes halogenated alkanes) is 2. The predicted molar refractivity (Wildman–Crippen MR) is 198 cm³/mol. The molecule has 2 unspecified atom stereocenters. The maximum absolute atomic E-state index is 12.6. The van der Waals surface area contributed by atoms with Gasteiger partial charge in [0.2, 0.25) is 0 Å². The van der Waals surface area contributed by atoms with E-state index in [1.165, 1.54) is 0 Å². The van der Waals surface area contributed by atoms with Crippen LogP contribution in [0.25, 0.3) is 0 Å². The molecule has 0 aromatic heterocycles. The highest BCUT2D eigenvalue weighted by atomic mass is 16.6. The van der Waals surface area contributed by atoms with E-state index in [2.05, 4.69) is 40.9 Å². The molecule has 0 spiro atoms. The summed E-state index contributed by atoms with van der Waals surface area (Å²) in [5, 5.41) is 0. The summed E-state index contributed by atoms with van der Waals surface area (Å²) in [5.41, 5.74) is 1.31. The molecule has 2 atom stereocenters. The van der Waals surface area contributed by atoms with Crippen LogP contribution in [0.5, 0.6) is 0 Å². The first-order valence-corrected chi connectivity index (χ1v) is 18.3. The van der Waals surface area contributed by atoms with Gasteiger partial charge >= 0.3 is 23.9 Å². The lowest BCUT2D eigenvalue weighted by molar-refractivity contribution is -0.141. The number of ether oxygens (including phenoxy) is 7. The van der Waals surface area contributed by atoms with Crippen molar-refractivity contribution < 1.29 is 52.3 Å². The van der Waals surface area contributed by atoms with Crippen LogP contribution in [0.3, 0.4) is 0 Å². The van der Waals surface area contributed by atoms with E-state index < -0.39 is 23.9 Å². The molecule has 11 nitrogen and oxygen atoms in total. The standard InChI is InChI=1S/C24H38O4.C16H26O7/c1-5-9-13-19(7-3)17-27-23(25)21-15-11-12-16-22(21)24(26)28-18-20(8-4)14-10-6-2;1-13(2)15(17)22-11-9-20-7-5-19-6-8-21-10-12-23-16(18)14(3)4/h11-12,15-16,19-20H,5-10,13-14,17-18H2,1-4H3;1,3,5-12H2,2,4H3. The minimum atomic E-state index is -0.444. The SMILES string of the molecule is C=C(C)C(=O)OCCOCCOCCOCCOC(=O)C(=C)C.CCCCC(CC)COC(=O)c1ccccc1C(=O)OCC(CC)CCCC. The van der Waals surface area contributed by atoms with Crippen LogP contribution in [-0.4, -0.2) is 89.9 Å². The number of hydrogen-bond donors (Lipinski definition) is 0. The van der Waals surface area contributed by atoms with E-state index >= 15 is 0 Å². The second kappa shape index (κ2) is 31.2. The molecule has 1 aromatic rings. The van der Waals surface area contributed by atoms with Gasteiger partial charge in [-0.25, -0.2) is 19.2 Å². The van der Waals surface area contributed by atoms with Crippen molar-refractivity contribution in [3.05, 3.63) is 59.7 Å². The minimum Gasteiger partial charge on any atom is -0.462 e. The molecule has 0 aliphatic rings. The Morgan fingerprint density at radius 1 is 0.549 bits per heavy atom. The molecule has 0 amide bonds. The minimum absolute atomic E-state index is 0.192. The highest BCUT2D eigenvalue weighted by molar-refractivity contribution is 6.03. The molecule has 0 N–H and O–H groups in total. The number of hydrogen-bond acceptors (Lipinski definition) is 11. The van der Waals surface area contributed by atoms with Gasteiger partial charge in [-0.15, -0.1) is 0 Å². The van der Waals surface area contributed by atoms with Crippen molar-refractivity contribution in [2.45, 2.75) is 92.9 Å². The zero-order valence-electron chi connectivity index (χ0n) is 32.1. The first-order chi connectivity index (χ1) is 24.5. The third-order valence-corrected chi connectivity index (χ3v) is 7.72. The van der Waals surface area contributed by atoms with Gasteiger partial charge in [0, 0.05) is 11.1 Å². The van der Waals surface area contributed by atoms with Crippen molar-refractivity contribution in [1.82, 2.24) is 0 Å². The average Bonchev–Trinajstić information content (AvgIpc) is 3.13. The Kier molecular flexibility index (Phi) is 29.0. The van der Waals surface area contributed by atoms with Crippen molar-refractivity contribution in [2.75, 3.05) is 66.1 Å². The van der Waals surface area contributed by atoms with Gasteiger partial charge in [-0.2, -0.15) is 0 Å². The third kappa shape index (κ3) is 24.3. The molecule has 0 aliphatic heterocycles. The van der Waals surface area contributed by atoms with Gasteiger partial charge < -0.3 is 33.2 Å². The molecule has 290 valence electrons. The van der Waals surface area contributed by atoms with E-state index in [4.69, 9.17) is 33.2 Å². The van der Waals surface area contributed by atoms with Crippen molar-refractivity contribution in [1.29, 1.82) is 0 Å². The van der Waals surface area contributed by atoms with Gasteiger partial charge in [-0.3, -0.25) is 0 Å². The largest absolute Gasteiger partial charge is 0.462 e. The van der Waals surface area contributed by atoms with E-state index in [-0.39, 0.29) is 13.2 Å². The molecule has 1 rings (SSSR count). The summed E-state index contributed by atoms with van der Waals surface area (Å²) in [6.07, 6.45) is 8.61. The van der Waals surface area contributed by atoms with E-state index in [9.17, 15) is 19.2 Å². The summed E-state index contributed by atoms with van der Waals surface area (Å²) in [4.78, 5) is 47.2. The second-order valence-electron chi connectivity index (χ2n) is 12.2. The Balaban J connectivity index is 0.00000100. The molecule has 0 heterocycles. The van der Waals surface area contributed by atoms with Crippen molar-refractivity contribution >= 4 is 23.9 Å². The van der Waals surface area contributed by atoms with Gasteiger partial charge in [0.1, 0.15) is 13.2 Å². The Bertz CT molecular complexity index is 1060. The van der Waals surface area contributed by atoms with Crippen LogP contribution in [0.1, 0.15) is 114 Å². The molecule has 11 heteroatoms. The molecule has 0 saturated heterocycles. The maximum Gasteiger partial charge on any atom is 0.339 e. The smallest absolute Gasteiger partial charge is 0.339 e. The van der Waals surface area contributed by atoms with E-state index in [1.54, 1.807) is 38.1 Å². The van der Waals surface area contributed by atoms with Crippen LogP contribution < -0.4 is 0 Å². The molecule has 0 bridgehead atoms. The maximum atomic E-state index is 12.6. The first-order valence-electron chi connectivity index (χ1n) is 18.3. The summed E-state index contributed by atoms with van der Waals surface area (Å²) >= 11 is 0. The molecule has 0 radical (unpaired) electrons. The summed E-state index contributed by atoms with van der Waals surface area (Å²) in [7, 11) is 0. The Morgan fingerprint density at radius 2 is 0.882 bits per heavy atom. The summed E-state index contributed by atoms with van der Waals surface area (Å²) in [5.74, 6) is -0.994. The molecular weight excluding hydrogens is 656 g/mol. The fraction of sp³-hybridized carbons (Fsp3) is 0.650. The van der Waals surface area contributed by atoms with Crippen LogP contribution in [0.2, 0.25) is 0 Å². The molecular formula is C40H64O11. The van der Waals surface area contributed by atoms with Gasteiger partial charge in [-0.05, 0) is 50.7 Å². The van der Waals surface area contributed by atoms with Crippen LogP contribution in [0.15, 0.2) is 48.6 Å². The lowest BCUT2D eigenvalue weighted by Crippen LogP contribution is -2.19. The van der Waals surface area contributed by atoms with Crippen LogP contribution in [0, 0.1) is 11.8 Å². The van der Waals surface area contributed by atoms with Crippen molar-refractivity contribution in [3.63, 3.8) is 0 Å². The number of rotatable bonds is 28. The average molecular weight is 721 g/mol. The van der Waals surface area contributed by atoms with Crippen LogP contribution in [-0.2, 0) is 42.7 Å². The normalized spacial score (nSPS) is 11.7. The van der Waals surface area contributed by atoms with Crippen molar-refractivity contribution in [3.8, 4) is 0 Å². The zero-order valence-corrected chi connectivity index (χ0v) is 32.1. The lowest BCUT2D eigenvalue weighted by atomic mass is 10.0. The Morgan fingerprint density at radius 3 is 1.18 bits per heavy atom. The zero-order chi connectivity index (χ0) is 38.3. The number of esters is 4. The third-order valence-electron chi connectivity index (χ3n) is 7.72. The molecule has 0 saturated carbocycles. The number of benzene rings is 1. The lowest BCUT2D eigenvalue weighted by Gasteiger charge is -2.17. The van der Waals surface area contributed by atoms with E-state index in [0.717, 1.165) is 51.4 Å². The van der Waals surface area contributed by atoms with Crippen LogP contribution >= 0.6 is 0 Å². The topological polar surface area (TPSA) is 133 Å². The van der Waals surface area contributed by atoms with Gasteiger partial charge in [0.05, 0.1) is 64.0 Å². The summed E-state index contributed by atoms with van der Waals surface area (Å²) in [6.45, 7) is 22.1. The van der Waals surface area contributed by atoms with Crippen molar-refractivity contribution in [2.24, 2.45) is 11.8 Å². The first kappa shape index (κ1) is 47.5. The number of carbonyl (C=O) groups excluding carboxylic acids is 4. The van der Waals surface area contributed by atoms with Gasteiger partial charge in [-0.1, -0.05) is 91.5 Å². The van der Waals surface area contributed by atoms with Gasteiger partial charge in [0.25, 0.3) is 0 Å². The van der Waals surface area contributed by atoms with E-state index in [0.29, 0.717) is 87.0 Å². The molecule has 0 aliphatic carbocycles. The predicted octanol–water partition coefficient (Wildman–Crippen LogP) is 7.71. The monoisotopic (exact) mass is 720 g/mol. The van der Waals surface area contributed by atoms with Gasteiger partial charge in [0.15, 0.2) is 0 Å². The fourth-order valence-corrected chi connectivity index (χ4v) is 4.35. The number of carbonyl (C=O) groups is 4.